The van der Waals surface area contributed by atoms with Crippen LogP contribution in [0.4, 0.5) is 0 Å². The predicted molar refractivity (Wildman–Crippen MR) is 85.8 cm³/mol. The van der Waals surface area contributed by atoms with Crippen LogP contribution in [0.3, 0.4) is 0 Å². The molecule has 1 aromatic carbocycles. The fourth-order valence-corrected chi connectivity index (χ4v) is 2.24. The average Bonchev–Trinajstić information content (AvgIpc) is 2.42. The second-order valence-corrected chi connectivity index (χ2v) is 6.21. The molecule has 5 heteroatoms. The van der Waals surface area contributed by atoms with Gasteiger partial charge in [0.15, 0.2) is 0 Å². The van der Waals surface area contributed by atoms with Gasteiger partial charge in [0.2, 0.25) is 0 Å². The van der Waals surface area contributed by atoms with Gasteiger partial charge in [-0.3, -0.25) is 4.79 Å². The van der Waals surface area contributed by atoms with Crippen LogP contribution in [0.5, 0.6) is 0 Å². The van der Waals surface area contributed by atoms with E-state index in [1.165, 1.54) is 0 Å². The van der Waals surface area contributed by atoms with Crippen LogP contribution in [0, 0.1) is 5.92 Å². The van der Waals surface area contributed by atoms with Gasteiger partial charge in [-0.25, -0.2) is 0 Å². The smallest absolute Gasteiger partial charge is 0.252 e. The number of thioether (sulfide) groups is 1. The first-order chi connectivity index (χ1) is 9.54. The minimum Gasteiger partial charge on any atom is -0.381 e. The highest BCUT2D eigenvalue weighted by Gasteiger charge is 2.10. The molecule has 0 unspecified atom stereocenters. The lowest BCUT2D eigenvalue weighted by Crippen LogP contribution is -2.25. The molecule has 0 saturated carbocycles. The van der Waals surface area contributed by atoms with Crippen LogP contribution in [0.25, 0.3) is 0 Å². The van der Waals surface area contributed by atoms with E-state index in [2.05, 4.69) is 19.2 Å². The maximum absolute atomic E-state index is 12.0. The van der Waals surface area contributed by atoms with E-state index < -0.39 is 0 Å². The van der Waals surface area contributed by atoms with Crippen LogP contribution in [0.15, 0.2) is 23.1 Å². The third-order valence-electron chi connectivity index (χ3n) is 2.62. The van der Waals surface area contributed by atoms with Gasteiger partial charge >= 0.3 is 0 Å². The standard InChI is InChI=1S/C15H22ClNO2S/c1-11(2)10-19-8-4-7-17-15(18)13-9-12(20-3)5-6-14(13)16/h5-6,9,11H,4,7-8,10H2,1-3H3,(H,17,18). The van der Waals surface area contributed by atoms with E-state index in [4.69, 9.17) is 16.3 Å². The van der Waals surface area contributed by atoms with E-state index in [9.17, 15) is 4.79 Å². The number of halogens is 1. The largest absolute Gasteiger partial charge is 0.381 e. The van der Waals surface area contributed by atoms with Crippen molar-refractivity contribution in [2.75, 3.05) is 26.0 Å². The van der Waals surface area contributed by atoms with Crippen molar-refractivity contribution in [2.24, 2.45) is 5.92 Å². The number of rotatable bonds is 8. The maximum Gasteiger partial charge on any atom is 0.252 e. The summed E-state index contributed by atoms with van der Waals surface area (Å²) < 4.78 is 5.46. The molecule has 1 aromatic rings. The van der Waals surface area contributed by atoms with Gasteiger partial charge < -0.3 is 10.1 Å². The molecule has 0 aliphatic carbocycles. The maximum atomic E-state index is 12.0. The number of carbonyl (C=O) groups is 1. The summed E-state index contributed by atoms with van der Waals surface area (Å²) in [6, 6.07) is 5.48. The van der Waals surface area contributed by atoms with Gasteiger partial charge in [0.1, 0.15) is 0 Å². The third-order valence-corrected chi connectivity index (χ3v) is 3.68. The van der Waals surface area contributed by atoms with Crippen molar-refractivity contribution in [2.45, 2.75) is 25.2 Å². The van der Waals surface area contributed by atoms with Gasteiger partial charge in [0.05, 0.1) is 10.6 Å². The molecule has 0 fully saturated rings. The summed E-state index contributed by atoms with van der Waals surface area (Å²) in [4.78, 5) is 13.1. The Morgan fingerprint density at radius 3 is 2.85 bits per heavy atom. The number of amides is 1. The van der Waals surface area contributed by atoms with Gasteiger partial charge in [-0.15, -0.1) is 11.8 Å². The van der Waals surface area contributed by atoms with Crippen molar-refractivity contribution in [3.8, 4) is 0 Å². The Labute approximate surface area is 130 Å². The predicted octanol–water partition coefficient (Wildman–Crippen LogP) is 3.85. The zero-order chi connectivity index (χ0) is 15.0. The Balaban J connectivity index is 2.36. The molecule has 0 saturated heterocycles. The van der Waals surface area contributed by atoms with Crippen LogP contribution < -0.4 is 5.32 Å². The van der Waals surface area contributed by atoms with Crippen LogP contribution >= 0.6 is 23.4 Å². The normalized spacial score (nSPS) is 10.8. The van der Waals surface area contributed by atoms with Crippen molar-refractivity contribution in [3.05, 3.63) is 28.8 Å². The molecule has 1 amide bonds. The van der Waals surface area contributed by atoms with E-state index in [0.29, 0.717) is 29.7 Å². The topological polar surface area (TPSA) is 38.3 Å². The van der Waals surface area contributed by atoms with Crippen molar-refractivity contribution >= 4 is 29.3 Å². The van der Waals surface area contributed by atoms with Crippen LogP contribution in [0.2, 0.25) is 5.02 Å². The molecule has 0 bridgehead atoms. The van der Waals surface area contributed by atoms with E-state index in [1.54, 1.807) is 17.8 Å². The molecule has 1 N–H and O–H groups in total. The highest BCUT2D eigenvalue weighted by atomic mass is 35.5. The molecule has 0 spiro atoms. The van der Waals surface area contributed by atoms with Crippen LogP contribution in [-0.4, -0.2) is 31.9 Å². The molecule has 1 rings (SSSR count). The summed E-state index contributed by atoms with van der Waals surface area (Å²) in [5.74, 6) is 0.410. The van der Waals surface area contributed by atoms with E-state index in [0.717, 1.165) is 17.9 Å². The number of benzene rings is 1. The zero-order valence-corrected chi connectivity index (χ0v) is 13.8. The summed E-state index contributed by atoms with van der Waals surface area (Å²) in [6.07, 6.45) is 2.77. The molecule has 0 aromatic heterocycles. The Bertz CT molecular complexity index is 438. The Morgan fingerprint density at radius 1 is 1.45 bits per heavy atom. The summed E-state index contributed by atoms with van der Waals surface area (Å²) in [7, 11) is 0. The molecular weight excluding hydrogens is 294 g/mol. The number of hydrogen-bond acceptors (Lipinski definition) is 3. The first-order valence-electron chi connectivity index (χ1n) is 6.74. The second kappa shape index (κ2) is 9.27. The highest BCUT2D eigenvalue weighted by molar-refractivity contribution is 7.98. The molecule has 20 heavy (non-hydrogen) atoms. The van der Waals surface area contributed by atoms with Crippen molar-refractivity contribution in [3.63, 3.8) is 0 Å². The molecule has 0 aliphatic rings. The molecular formula is C15H22ClNO2S. The first kappa shape index (κ1) is 17.3. The molecule has 0 aliphatic heterocycles. The summed E-state index contributed by atoms with van der Waals surface area (Å²) in [5, 5.41) is 3.35. The SMILES string of the molecule is CSc1ccc(Cl)c(C(=O)NCCCOCC(C)C)c1. The van der Waals surface area contributed by atoms with Gasteiger partial charge in [0, 0.05) is 24.7 Å². The molecule has 0 radical (unpaired) electrons. The van der Waals surface area contributed by atoms with Crippen LogP contribution in [0.1, 0.15) is 30.6 Å². The third kappa shape index (κ3) is 6.16. The van der Waals surface area contributed by atoms with Gasteiger partial charge in [-0.05, 0) is 36.8 Å². The number of carbonyl (C=O) groups excluding carboxylic acids is 1. The van der Waals surface area contributed by atoms with E-state index in [-0.39, 0.29) is 5.91 Å². The molecule has 0 heterocycles. The Kier molecular flexibility index (Phi) is 8.04. The minimum absolute atomic E-state index is 0.130. The van der Waals surface area contributed by atoms with Crippen molar-refractivity contribution in [1.82, 2.24) is 5.32 Å². The number of nitrogens with one attached hydrogen (secondary N) is 1. The Morgan fingerprint density at radius 2 is 2.20 bits per heavy atom. The fraction of sp³-hybridized carbons (Fsp3) is 0.533. The highest BCUT2D eigenvalue weighted by Crippen LogP contribution is 2.22. The average molecular weight is 316 g/mol. The fourth-order valence-electron chi connectivity index (χ4n) is 1.60. The quantitative estimate of drug-likeness (QED) is 0.585. The lowest BCUT2D eigenvalue weighted by Gasteiger charge is -2.09. The lowest BCUT2D eigenvalue weighted by molar-refractivity contribution is 0.0925. The minimum atomic E-state index is -0.130. The molecule has 0 atom stereocenters. The monoisotopic (exact) mass is 315 g/mol. The molecule has 112 valence electrons. The molecule has 3 nitrogen and oxygen atoms in total. The summed E-state index contributed by atoms with van der Waals surface area (Å²) >= 11 is 7.64. The van der Waals surface area contributed by atoms with E-state index in [1.807, 2.05) is 18.4 Å². The van der Waals surface area contributed by atoms with Gasteiger partial charge in [-0.2, -0.15) is 0 Å². The van der Waals surface area contributed by atoms with Gasteiger partial charge in [0.25, 0.3) is 5.91 Å². The van der Waals surface area contributed by atoms with Gasteiger partial charge in [-0.1, -0.05) is 25.4 Å². The Hall–Kier alpha value is -0.710. The van der Waals surface area contributed by atoms with E-state index >= 15 is 0 Å². The number of ether oxygens (including phenoxy) is 1. The second-order valence-electron chi connectivity index (χ2n) is 4.92. The number of hydrogen-bond donors (Lipinski definition) is 1. The summed E-state index contributed by atoms with van der Waals surface area (Å²) in [6.45, 7) is 6.24. The summed E-state index contributed by atoms with van der Waals surface area (Å²) in [5.41, 5.74) is 0.529. The first-order valence-corrected chi connectivity index (χ1v) is 8.34. The van der Waals surface area contributed by atoms with Crippen molar-refractivity contribution in [1.29, 1.82) is 0 Å². The zero-order valence-electron chi connectivity index (χ0n) is 12.2. The lowest BCUT2D eigenvalue weighted by atomic mass is 10.2. The van der Waals surface area contributed by atoms with Crippen LogP contribution in [-0.2, 0) is 4.74 Å². The van der Waals surface area contributed by atoms with Crippen molar-refractivity contribution < 1.29 is 9.53 Å².